The number of nitro benzene ring substituents is 1. The molecule has 0 saturated carbocycles. The SMILES string of the molecule is Cc1cc(Cl)ccc1N1C(=O)C(SCc2ccco2)=C(c2ccc([N+](=O)[O-])cc2)C1=O. The molecule has 0 fully saturated rings. The Labute approximate surface area is 186 Å². The maximum Gasteiger partial charge on any atom is 0.272 e. The van der Waals surface area contributed by atoms with E-state index in [-0.39, 0.29) is 16.2 Å². The minimum atomic E-state index is -0.518. The molecule has 9 heteroatoms. The number of carbonyl (C=O) groups is 2. The standard InChI is InChI=1S/C22H15ClN2O5S/c1-13-11-15(23)6-9-18(13)24-21(26)19(14-4-7-16(8-5-14)25(28)29)20(22(24)27)31-12-17-3-2-10-30-17/h2-11H,12H2,1H3. The zero-order valence-electron chi connectivity index (χ0n) is 16.2. The number of hydrogen-bond acceptors (Lipinski definition) is 6. The lowest BCUT2D eigenvalue weighted by atomic mass is 10.1. The Morgan fingerprint density at radius 3 is 2.45 bits per heavy atom. The summed E-state index contributed by atoms with van der Waals surface area (Å²) in [5, 5.41) is 11.5. The molecule has 0 spiro atoms. The number of benzene rings is 2. The van der Waals surface area contributed by atoms with Gasteiger partial charge >= 0.3 is 0 Å². The molecule has 1 aliphatic rings. The summed E-state index contributed by atoms with van der Waals surface area (Å²) in [6, 6.07) is 14.0. The largest absolute Gasteiger partial charge is 0.468 e. The summed E-state index contributed by atoms with van der Waals surface area (Å²) in [5.41, 5.74) is 1.64. The summed E-state index contributed by atoms with van der Waals surface area (Å²) >= 11 is 7.22. The van der Waals surface area contributed by atoms with Crippen molar-refractivity contribution >= 4 is 52.1 Å². The molecular formula is C22H15ClN2O5S. The van der Waals surface area contributed by atoms with Crippen molar-refractivity contribution in [3.63, 3.8) is 0 Å². The monoisotopic (exact) mass is 454 g/mol. The van der Waals surface area contributed by atoms with Gasteiger partial charge in [-0.05, 0) is 60.5 Å². The number of amides is 2. The second-order valence-electron chi connectivity index (χ2n) is 6.75. The number of imide groups is 1. The highest BCUT2D eigenvalue weighted by Gasteiger charge is 2.41. The van der Waals surface area contributed by atoms with Gasteiger partial charge in [0.05, 0.1) is 33.1 Å². The quantitative estimate of drug-likeness (QED) is 0.282. The number of thioether (sulfide) groups is 1. The van der Waals surface area contributed by atoms with Crippen LogP contribution < -0.4 is 4.90 Å². The molecule has 0 radical (unpaired) electrons. The number of furan rings is 1. The zero-order valence-corrected chi connectivity index (χ0v) is 17.8. The van der Waals surface area contributed by atoms with Crippen LogP contribution >= 0.6 is 23.4 Å². The fraction of sp³-hybridized carbons (Fsp3) is 0.0909. The van der Waals surface area contributed by atoms with Crippen molar-refractivity contribution < 1.29 is 18.9 Å². The van der Waals surface area contributed by atoms with Crippen molar-refractivity contribution in [3.05, 3.63) is 97.8 Å². The van der Waals surface area contributed by atoms with Crippen LogP contribution in [0.2, 0.25) is 5.02 Å². The van der Waals surface area contributed by atoms with E-state index in [0.717, 1.165) is 4.90 Å². The van der Waals surface area contributed by atoms with Crippen LogP contribution in [0.3, 0.4) is 0 Å². The molecule has 0 atom stereocenters. The van der Waals surface area contributed by atoms with Gasteiger partial charge in [-0.1, -0.05) is 11.6 Å². The second kappa shape index (κ2) is 8.41. The van der Waals surface area contributed by atoms with Crippen molar-refractivity contribution in [2.24, 2.45) is 0 Å². The Balaban J connectivity index is 1.77. The molecule has 31 heavy (non-hydrogen) atoms. The second-order valence-corrected chi connectivity index (χ2v) is 8.17. The fourth-order valence-corrected chi connectivity index (χ4v) is 4.52. The molecular weight excluding hydrogens is 440 g/mol. The number of carbonyl (C=O) groups excluding carboxylic acids is 2. The van der Waals surface area contributed by atoms with E-state index in [2.05, 4.69) is 0 Å². The van der Waals surface area contributed by atoms with Gasteiger partial charge in [-0.15, -0.1) is 11.8 Å². The molecule has 156 valence electrons. The number of non-ortho nitro benzene ring substituents is 1. The normalized spacial score (nSPS) is 13.9. The number of hydrogen-bond donors (Lipinski definition) is 0. The van der Waals surface area contributed by atoms with E-state index in [0.29, 0.717) is 33.4 Å². The number of rotatable bonds is 6. The maximum atomic E-state index is 13.4. The van der Waals surface area contributed by atoms with Crippen LogP contribution in [0.1, 0.15) is 16.9 Å². The van der Waals surface area contributed by atoms with Crippen molar-refractivity contribution in [2.75, 3.05) is 4.90 Å². The summed E-state index contributed by atoms with van der Waals surface area (Å²) in [6.07, 6.45) is 1.53. The first-order valence-electron chi connectivity index (χ1n) is 9.16. The van der Waals surface area contributed by atoms with Crippen LogP contribution in [0.5, 0.6) is 0 Å². The lowest BCUT2D eigenvalue weighted by molar-refractivity contribution is -0.384. The van der Waals surface area contributed by atoms with Gasteiger partial charge in [0.15, 0.2) is 0 Å². The Morgan fingerprint density at radius 1 is 1.10 bits per heavy atom. The van der Waals surface area contributed by atoms with Crippen LogP contribution in [0.15, 0.2) is 70.2 Å². The van der Waals surface area contributed by atoms with Crippen molar-refractivity contribution in [1.82, 2.24) is 0 Å². The molecule has 3 aromatic rings. The van der Waals surface area contributed by atoms with E-state index < -0.39 is 16.7 Å². The first-order valence-corrected chi connectivity index (χ1v) is 10.5. The lowest BCUT2D eigenvalue weighted by Gasteiger charge is -2.18. The zero-order chi connectivity index (χ0) is 22.1. The number of halogens is 1. The summed E-state index contributed by atoms with van der Waals surface area (Å²) < 4.78 is 5.34. The number of aryl methyl sites for hydroxylation is 1. The van der Waals surface area contributed by atoms with Gasteiger partial charge in [-0.3, -0.25) is 19.7 Å². The van der Waals surface area contributed by atoms with Gasteiger partial charge in [0.1, 0.15) is 5.76 Å². The molecule has 0 N–H and O–H groups in total. The van der Waals surface area contributed by atoms with E-state index in [4.69, 9.17) is 16.0 Å². The molecule has 1 aliphatic heterocycles. The Bertz CT molecular complexity index is 1220. The molecule has 0 saturated heterocycles. The third kappa shape index (κ3) is 3.99. The van der Waals surface area contributed by atoms with Gasteiger partial charge in [-0.2, -0.15) is 0 Å². The van der Waals surface area contributed by atoms with Crippen LogP contribution in [-0.4, -0.2) is 16.7 Å². The minimum Gasteiger partial charge on any atom is -0.468 e. The predicted molar refractivity (Wildman–Crippen MR) is 119 cm³/mol. The first-order chi connectivity index (χ1) is 14.9. The molecule has 0 aliphatic carbocycles. The van der Waals surface area contributed by atoms with Crippen molar-refractivity contribution in [3.8, 4) is 0 Å². The average Bonchev–Trinajstić information content (AvgIpc) is 3.33. The maximum absolute atomic E-state index is 13.4. The Kier molecular flexibility index (Phi) is 5.67. The number of nitro groups is 1. The molecule has 0 unspecified atom stereocenters. The smallest absolute Gasteiger partial charge is 0.272 e. The Hall–Kier alpha value is -3.36. The summed E-state index contributed by atoms with van der Waals surface area (Å²) in [5.74, 6) is 0.0547. The van der Waals surface area contributed by atoms with E-state index >= 15 is 0 Å². The van der Waals surface area contributed by atoms with Crippen molar-refractivity contribution in [2.45, 2.75) is 12.7 Å². The molecule has 7 nitrogen and oxygen atoms in total. The van der Waals surface area contributed by atoms with Crippen molar-refractivity contribution in [1.29, 1.82) is 0 Å². The Morgan fingerprint density at radius 2 is 1.84 bits per heavy atom. The van der Waals surface area contributed by atoms with Gasteiger partial charge < -0.3 is 4.42 Å². The summed E-state index contributed by atoms with van der Waals surface area (Å²) in [6.45, 7) is 1.77. The first kappa shape index (κ1) is 20.9. The fourth-order valence-electron chi connectivity index (χ4n) is 3.27. The van der Waals surface area contributed by atoms with Crippen LogP contribution in [0, 0.1) is 17.0 Å². The van der Waals surface area contributed by atoms with E-state index in [1.165, 1.54) is 42.3 Å². The highest BCUT2D eigenvalue weighted by atomic mass is 35.5. The summed E-state index contributed by atoms with van der Waals surface area (Å²) in [4.78, 5) is 38.6. The molecule has 1 aromatic heterocycles. The van der Waals surface area contributed by atoms with Crippen LogP contribution in [0.4, 0.5) is 11.4 Å². The third-order valence-corrected chi connectivity index (χ3v) is 6.08. The van der Waals surface area contributed by atoms with Crippen LogP contribution in [0.25, 0.3) is 5.57 Å². The number of nitrogens with zero attached hydrogens (tertiary/aromatic N) is 2. The van der Waals surface area contributed by atoms with Crippen LogP contribution in [-0.2, 0) is 15.3 Å². The van der Waals surface area contributed by atoms with E-state index in [1.807, 2.05) is 0 Å². The molecule has 2 amide bonds. The van der Waals surface area contributed by atoms with Gasteiger partial charge in [-0.25, -0.2) is 4.90 Å². The summed E-state index contributed by atoms with van der Waals surface area (Å²) in [7, 11) is 0. The van der Waals surface area contributed by atoms with Gasteiger partial charge in [0.25, 0.3) is 17.5 Å². The molecule has 4 rings (SSSR count). The highest BCUT2D eigenvalue weighted by molar-refractivity contribution is 8.03. The highest BCUT2D eigenvalue weighted by Crippen LogP contribution is 2.41. The van der Waals surface area contributed by atoms with Gasteiger partial charge in [0.2, 0.25) is 0 Å². The van der Waals surface area contributed by atoms with E-state index in [1.54, 1.807) is 37.3 Å². The minimum absolute atomic E-state index is 0.101. The molecule has 2 heterocycles. The van der Waals surface area contributed by atoms with Gasteiger partial charge in [0, 0.05) is 17.2 Å². The molecule has 2 aromatic carbocycles. The predicted octanol–water partition coefficient (Wildman–Crippen LogP) is 5.37. The topological polar surface area (TPSA) is 93.7 Å². The number of anilines is 1. The van der Waals surface area contributed by atoms with E-state index in [9.17, 15) is 19.7 Å². The lowest BCUT2D eigenvalue weighted by Crippen LogP contribution is -2.31. The molecule has 0 bridgehead atoms. The average molecular weight is 455 g/mol. The third-order valence-electron chi connectivity index (χ3n) is 4.75.